The van der Waals surface area contributed by atoms with Gasteiger partial charge in [0.05, 0.1) is 5.69 Å². The number of rotatable bonds is 5. The van der Waals surface area contributed by atoms with E-state index in [0.29, 0.717) is 19.0 Å². The molecular formula is C12H18F2N2. The maximum atomic E-state index is 13.4. The first kappa shape index (κ1) is 12.9. The highest BCUT2D eigenvalue weighted by atomic mass is 19.1. The zero-order chi connectivity index (χ0) is 12.1. The molecular weight excluding hydrogens is 210 g/mol. The lowest BCUT2D eigenvalue weighted by Gasteiger charge is -2.24. The second-order valence-electron chi connectivity index (χ2n) is 3.99. The van der Waals surface area contributed by atoms with Crippen molar-refractivity contribution in [2.75, 3.05) is 25.0 Å². The summed E-state index contributed by atoms with van der Waals surface area (Å²) in [6.45, 7) is 3.22. The molecule has 0 spiro atoms. The first-order valence-electron chi connectivity index (χ1n) is 5.44. The smallest absolute Gasteiger partial charge is 0.146 e. The van der Waals surface area contributed by atoms with Crippen molar-refractivity contribution in [2.45, 2.75) is 13.3 Å². The van der Waals surface area contributed by atoms with Crippen LogP contribution in [0.25, 0.3) is 0 Å². The Bertz CT molecular complexity index is 338. The van der Waals surface area contributed by atoms with Crippen LogP contribution in [0.5, 0.6) is 0 Å². The summed E-state index contributed by atoms with van der Waals surface area (Å²) in [4.78, 5) is 1.71. The molecule has 4 heteroatoms. The zero-order valence-electron chi connectivity index (χ0n) is 9.71. The highest BCUT2D eigenvalue weighted by Crippen LogP contribution is 2.20. The van der Waals surface area contributed by atoms with Gasteiger partial charge in [-0.05, 0) is 24.6 Å². The Balaban J connectivity index is 2.79. The monoisotopic (exact) mass is 228 g/mol. The SMILES string of the molecule is CCC(CN)CN(C)c1cc(F)ccc1F. The van der Waals surface area contributed by atoms with E-state index in [1.165, 1.54) is 6.07 Å². The van der Waals surface area contributed by atoms with Crippen molar-refractivity contribution in [1.29, 1.82) is 0 Å². The topological polar surface area (TPSA) is 29.3 Å². The standard InChI is InChI=1S/C12H18F2N2/c1-3-9(7-15)8-16(2)12-6-10(13)4-5-11(12)14/h4-6,9H,3,7-8,15H2,1-2H3. The van der Waals surface area contributed by atoms with Crippen LogP contribution >= 0.6 is 0 Å². The van der Waals surface area contributed by atoms with E-state index in [2.05, 4.69) is 0 Å². The molecule has 0 saturated carbocycles. The second kappa shape index (κ2) is 5.80. The molecule has 16 heavy (non-hydrogen) atoms. The van der Waals surface area contributed by atoms with Crippen LogP contribution in [-0.4, -0.2) is 20.1 Å². The van der Waals surface area contributed by atoms with E-state index in [1.54, 1.807) is 11.9 Å². The van der Waals surface area contributed by atoms with Gasteiger partial charge >= 0.3 is 0 Å². The number of nitrogens with zero attached hydrogens (tertiary/aromatic N) is 1. The fraction of sp³-hybridized carbons (Fsp3) is 0.500. The van der Waals surface area contributed by atoms with Crippen molar-refractivity contribution in [2.24, 2.45) is 11.7 Å². The second-order valence-corrected chi connectivity index (χ2v) is 3.99. The molecule has 0 radical (unpaired) electrons. The van der Waals surface area contributed by atoms with Crippen LogP contribution in [0.1, 0.15) is 13.3 Å². The summed E-state index contributed by atoms with van der Waals surface area (Å²) < 4.78 is 26.4. The van der Waals surface area contributed by atoms with Crippen molar-refractivity contribution in [3.8, 4) is 0 Å². The van der Waals surface area contributed by atoms with E-state index < -0.39 is 11.6 Å². The van der Waals surface area contributed by atoms with Gasteiger partial charge in [0.15, 0.2) is 0 Å². The van der Waals surface area contributed by atoms with Gasteiger partial charge in [-0.1, -0.05) is 13.3 Å². The number of nitrogens with two attached hydrogens (primary N) is 1. The van der Waals surface area contributed by atoms with Crippen molar-refractivity contribution in [3.05, 3.63) is 29.8 Å². The van der Waals surface area contributed by atoms with Gasteiger partial charge in [0.1, 0.15) is 11.6 Å². The fourth-order valence-corrected chi connectivity index (χ4v) is 1.63. The molecule has 0 aromatic heterocycles. The predicted octanol–water partition coefficient (Wildman–Crippen LogP) is 2.39. The van der Waals surface area contributed by atoms with Crippen LogP contribution in [0.15, 0.2) is 18.2 Å². The van der Waals surface area contributed by atoms with Crippen molar-refractivity contribution in [3.63, 3.8) is 0 Å². The Kier molecular flexibility index (Phi) is 4.68. The van der Waals surface area contributed by atoms with E-state index in [-0.39, 0.29) is 5.69 Å². The zero-order valence-corrected chi connectivity index (χ0v) is 9.71. The predicted molar refractivity (Wildman–Crippen MR) is 62.5 cm³/mol. The van der Waals surface area contributed by atoms with E-state index in [1.807, 2.05) is 6.92 Å². The quantitative estimate of drug-likeness (QED) is 0.838. The lowest BCUT2D eigenvalue weighted by Crippen LogP contribution is -2.30. The Hall–Kier alpha value is -1.16. The molecule has 1 atom stereocenters. The largest absolute Gasteiger partial charge is 0.372 e. The summed E-state index contributed by atoms with van der Waals surface area (Å²) in [5.41, 5.74) is 5.87. The third kappa shape index (κ3) is 3.17. The van der Waals surface area contributed by atoms with Crippen LogP contribution < -0.4 is 10.6 Å². The summed E-state index contributed by atoms with van der Waals surface area (Å²) in [6.07, 6.45) is 0.928. The highest BCUT2D eigenvalue weighted by Gasteiger charge is 2.12. The van der Waals surface area contributed by atoms with Crippen LogP contribution in [-0.2, 0) is 0 Å². The average Bonchev–Trinajstić information content (AvgIpc) is 2.28. The van der Waals surface area contributed by atoms with E-state index >= 15 is 0 Å². The van der Waals surface area contributed by atoms with Gasteiger partial charge in [-0.15, -0.1) is 0 Å². The number of hydrogen-bond donors (Lipinski definition) is 1. The fourth-order valence-electron chi connectivity index (χ4n) is 1.63. The van der Waals surface area contributed by atoms with Gasteiger partial charge < -0.3 is 10.6 Å². The summed E-state index contributed by atoms with van der Waals surface area (Å²) in [5, 5.41) is 0. The molecule has 0 bridgehead atoms. The molecule has 0 aliphatic rings. The van der Waals surface area contributed by atoms with E-state index in [4.69, 9.17) is 5.73 Å². The first-order valence-corrected chi connectivity index (χ1v) is 5.44. The maximum Gasteiger partial charge on any atom is 0.146 e. The van der Waals surface area contributed by atoms with Gasteiger partial charge in [-0.3, -0.25) is 0 Å². The minimum atomic E-state index is -0.427. The number of anilines is 1. The number of halogens is 2. The van der Waals surface area contributed by atoms with Gasteiger partial charge in [0.2, 0.25) is 0 Å². The third-order valence-electron chi connectivity index (χ3n) is 2.76. The summed E-state index contributed by atoms with van der Waals surface area (Å²) in [5.74, 6) is -0.535. The molecule has 1 rings (SSSR count). The van der Waals surface area contributed by atoms with Gasteiger partial charge in [-0.2, -0.15) is 0 Å². The van der Waals surface area contributed by atoms with Gasteiger partial charge in [0.25, 0.3) is 0 Å². The van der Waals surface area contributed by atoms with E-state index in [0.717, 1.165) is 18.6 Å². The summed E-state index contributed by atoms with van der Waals surface area (Å²) in [7, 11) is 1.75. The lowest BCUT2D eigenvalue weighted by atomic mass is 10.1. The highest BCUT2D eigenvalue weighted by molar-refractivity contribution is 5.47. The molecule has 1 unspecified atom stereocenters. The minimum absolute atomic E-state index is 0.284. The average molecular weight is 228 g/mol. The first-order chi connectivity index (χ1) is 7.58. The molecule has 0 amide bonds. The normalized spacial score (nSPS) is 12.6. The van der Waals surface area contributed by atoms with Crippen LogP contribution in [0.3, 0.4) is 0 Å². The molecule has 0 aliphatic heterocycles. The number of benzene rings is 1. The van der Waals surface area contributed by atoms with Crippen LogP contribution in [0, 0.1) is 17.6 Å². The lowest BCUT2D eigenvalue weighted by molar-refractivity contribution is 0.514. The number of hydrogen-bond acceptors (Lipinski definition) is 2. The van der Waals surface area contributed by atoms with Crippen LogP contribution in [0.2, 0.25) is 0 Å². The third-order valence-corrected chi connectivity index (χ3v) is 2.76. The molecule has 0 saturated heterocycles. The molecule has 1 aromatic carbocycles. The van der Waals surface area contributed by atoms with Crippen molar-refractivity contribution >= 4 is 5.69 Å². The van der Waals surface area contributed by atoms with Gasteiger partial charge in [0, 0.05) is 19.7 Å². The maximum absolute atomic E-state index is 13.4. The molecule has 0 fully saturated rings. The molecule has 2 nitrogen and oxygen atoms in total. The Labute approximate surface area is 95.1 Å². The molecule has 0 heterocycles. The van der Waals surface area contributed by atoms with Crippen molar-refractivity contribution in [1.82, 2.24) is 0 Å². The van der Waals surface area contributed by atoms with Crippen molar-refractivity contribution < 1.29 is 8.78 Å². The van der Waals surface area contributed by atoms with E-state index in [9.17, 15) is 8.78 Å². The van der Waals surface area contributed by atoms with Gasteiger partial charge in [-0.25, -0.2) is 8.78 Å². The molecule has 0 aliphatic carbocycles. The molecule has 2 N–H and O–H groups in total. The molecule has 1 aromatic rings. The van der Waals surface area contributed by atoms with Crippen LogP contribution in [0.4, 0.5) is 14.5 Å². The summed E-state index contributed by atoms with van der Waals surface area (Å²) in [6, 6.07) is 3.47. The Morgan fingerprint density at radius 3 is 2.62 bits per heavy atom. The Morgan fingerprint density at radius 1 is 1.38 bits per heavy atom. The Morgan fingerprint density at radius 2 is 2.06 bits per heavy atom. The summed E-state index contributed by atoms with van der Waals surface area (Å²) >= 11 is 0. The minimum Gasteiger partial charge on any atom is -0.372 e. The molecule has 90 valence electrons.